The first kappa shape index (κ1) is 18.1. The fraction of sp³-hybridized carbons (Fsp3) is 0.273. The molecule has 0 spiro atoms. The third-order valence-electron chi connectivity index (χ3n) is 3.06. The summed E-state index contributed by atoms with van der Waals surface area (Å²) >= 11 is 13.3. The second-order valence-corrected chi connectivity index (χ2v) is 7.80. The number of aliphatic carboxylic acids is 2. The summed E-state index contributed by atoms with van der Waals surface area (Å²) in [5.74, 6) is -2.38. The van der Waals surface area contributed by atoms with Crippen molar-refractivity contribution in [3.63, 3.8) is 0 Å². The number of nitrogens with zero attached hydrogens (tertiary/aromatic N) is 2. The van der Waals surface area contributed by atoms with Crippen molar-refractivity contribution in [2.24, 2.45) is 0 Å². The van der Waals surface area contributed by atoms with Crippen LogP contribution in [0.15, 0.2) is 17.9 Å². The number of halogens is 4. The Bertz CT molecular complexity index is 683. The van der Waals surface area contributed by atoms with E-state index in [0.717, 1.165) is 0 Å². The average molecular weight is 568 g/mol. The van der Waals surface area contributed by atoms with Crippen molar-refractivity contribution in [1.29, 1.82) is 0 Å². The van der Waals surface area contributed by atoms with Crippen LogP contribution in [-0.4, -0.2) is 41.9 Å². The van der Waals surface area contributed by atoms with Crippen LogP contribution in [0.5, 0.6) is 0 Å². The molecule has 0 amide bonds. The van der Waals surface area contributed by atoms with Gasteiger partial charge >= 0.3 is 11.9 Å². The Hall–Kier alpha value is -0.200. The quantitative estimate of drug-likeness (QED) is 0.250. The fourth-order valence-electron chi connectivity index (χ4n) is 2.33. The molecule has 0 aromatic heterocycles. The van der Waals surface area contributed by atoms with Gasteiger partial charge in [-0.1, -0.05) is 0 Å². The maximum absolute atomic E-state index is 13.0. The van der Waals surface area contributed by atoms with Crippen LogP contribution in [0.4, 0.5) is 11.4 Å². The molecule has 1 unspecified atom stereocenters. The first-order valence-electron chi connectivity index (χ1n) is 5.71. The van der Waals surface area contributed by atoms with Gasteiger partial charge in [-0.2, -0.15) is 0 Å². The number of benzene rings is 1. The summed E-state index contributed by atoms with van der Waals surface area (Å²) in [6.45, 7) is -1.41. The molecule has 0 bridgehead atoms. The van der Waals surface area contributed by atoms with Crippen LogP contribution in [0.3, 0.4) is 0 Å². The molecule has 7 nitrogen and oxygen atoms in total. The van der Waals surface area contributed by atoms with Gasteiger partial charge < -0.3 is 20.3 Å². The van der Waals surface area contributed by atoms with Gasteiger partial charge in [0.1, 0.15) is 12.2 Å². The summed E-state index contributed by atoms with van der Waals surface area (Å²) in [6, 6.07) is 0. The summed E-state index contributed by atoms with van der Waals surface area (Å²) in [5, 5.41) is 31.0. The number of carboxylic acid groups (broad SMARTS) is 2. The standard InChI is InChI=1S/C11H8Br4N2O5/c12-6-7(13)9(15)11-10(8(6)14)16(1-4(18)19)3-17(11,22)2-5(20)21/h1-3H2,(H,18,19)(H,20,21). The number of quaternary nitrogens is 1. The molecule has 0 aliphatic carbocycles. The minimum atomic E-state index is -1.26. The first-order valence-corrected chi connectivity index (χ1v) is 8.89. The Morgan fingerprint density at radius 2 is 1.59 bits per heavy atom. The fourth-order valence-corrected chi connectivity index (χ4v) is 4.98. The molecule has 1 atom stereocenters. The van der Waals surface area contributed by atoms with Crippen LogP contribution in [0, 0.1) is 5.21 Å². The van der Waals surface area contributed by atoms with E-state index in [4.69, 9.17) is 10.2 Å². The lowest BCUT2D eigenvalue weighted by molar-refractivity contribution is -0.137. The Balaban J connectivity index is 2.72. The molecule has 2 N–H and O–H groups in total. The van der Waals surface area contributed by atoms with E-state index < -0.39 is 29.7 Å². The average Bonchev–Trinajstić information content (AvgIpc) is 2.64. The van der Waals surface area contributed by atoms with Gasteiger partial charge in [0.2, 0.25) is 0 Å². The van der Waals surface area contributed by atoms with E-state index in [1.54, 1.807) is 0 Å². The molecule has 0 fully saturated rings. The maximum Gasteiger partial charge on any atom is 0.360 e. The molecule has 1 aliphatic heterocycles. The third kappa shape index (κ3) is 3.06. The van der Waals surface area contributed by atoms with Crippen molar-refractivity contribution < 1.29 is 19.8 Å². The molecular formula is C11H8Br4N2O5. The molecule has 0 saturated carbocycles. The van der Waals surface area contributed by atoms with E-state index in [-0.39, 0.29) is 12.4 Å². The highest BCUT2D eigenvalue weighted by molar-refractivity contribution is 9.15. The zero-order valence-electron chi connectivity index (χ0n) is 10.6. The van der Waals surface area contributed by atoms with Crippen LogP contribution < -0.4 is 9.55 Å². The second-order valence-electron chi connectivity index (χ2n) is 4.63. The molecule has 1 aromatic rings. The van der Waals surface area contributed by atoms with Gasteiger partial charge in [0.15, 0.2) is 18.9 Å². The number of hydroxylamine groups is 2. The van der Waals surface area contributed by atoms with Gasteiger partial charge in [-0.3, -0.25) is 9.44 Å². The zero-order chi connectivity index (χ0) is 16.8. The van der Waals surface area contributed by atoms with Crippen molar-refractivity contribution in [3.05, 3.63) is 23.1 Å². The largest absolute Gasteiger partial charge is 0.626 e. The number of anilines is 1. The molecule has 2 rings (SSSR count). The summed E-state index contributed by atoms with van der Waals surface area (Å²) in [7, 11) is 0. The van der Waals surface area contributed by atoms with Crippen molar-refractivity contribution >= 4 is 87.0 Å². The highest BCUT2D eigenvalue weighted by atomic mass is 79.9. The van der Waals surface area contributed by atoms with Gasteiger partial charge in [-0.25, -0.2) is 4.79 Å². The lowest BCUT2D eigenvalue weighted by Gasteiger charge is -2.37. The molecule has 1 heterocycles. The lowest BCUT2D eigenvalue weighted by atomic mass is 10.2. The number of carboxylic acids is 2. The Labute approximate surface area is 158 Å². The van der Waals surface area contributed by atoms with E-state index in [9.17, 15) is 14.8 Å². The van der Waals surface area contributed by atoms with Crippen LogP contribution in [0.2, 0.25) is 0 Å². The van der Waals surface area contributed by atoms with Crippen molar-refractivity contribution in [2.45, 2.75) is 0 Å². The second kappa shape index (κ2) is 6.36. The van der Waals surface area contributed by atoms with E-state index in [0.29, 0.717) is 23.6 Å². The summed E-state index contributed by atoms with van der Waals surface area (Å²) < 4.78 is 0.835. The Morgan fingerprint density at radius 3 is 2.09 bits per heavy atom. The highest BCUT2D eigenvalue weighted by Crippen LogP contribution is 2.55. The predicted octanol–water partition coefficient (Wildman–Crippen LogP) is 3.49. The smallest absolute Gasteiger partial charge is 0.360 e. The van der Waals surface area contributed by atoms with E-state index >= 15 is 0 Å². The van der Waals surface area contributed by atoms with Gasteiger partial charge in [0.25, 0.3) is 0 Å². The highest BCUT2D eigenvalue weighted by Gasteiger charge is 2.43. The van der Waals surface area contributed by atoms with Crippen molar-refractivity contribution in [2.75, 3.05) is 24.7 Å². The van der Waals surface area contributed by atoms with Crippen LogP contribution in [-0.2, 0) is 9.59 Å². The van der Waals surface area contributed by atoms with Crippen LogP contribution in [0.25, 0.3) is 0 Å². The summed E-state index contributed by atoms with van der Waals surface area (Å²) in [6.07, 6.45) is 0. The monoisotopic (exact) mass is 564 g/mol. The van der Waals surface area contributed by atoms with Gasteiger partial charge in [-0.15, -0.1) is 0 Å². The molecule has 1 aromatic carbocycles. The molecular weight excluding hydrogens is 560 g/mol. The molecule has 11 heteroatoms. The topological polar surface area (TPSA) is 101 Å². The van der Waals surface area contributed by atoms with Gasteiger partial charge in [-0.05, 0) is 63.7 Å². The summed E-state index contributed by atoms with van der Waals surface area (Å²) in [5.41, 5.74) is 0.534. The SMILES string of the molecule is O=C(O)CN1C[N+]([O-])(CC(=O)O)c2c(Br)c(Br)c(Br)c(Br)c21. The minimum Gasteiger partial charge on any atom is -0.626 e. The maximum atomic E-state index is 13.0. The minimum absolute atomic E-state index is 0.172. The van der Waals surface area contributed by atoms with Crippen LogP contribution in [0.1, 0.15) is 0 Å². The zero-order valence-corrected chi connectivity index (χ0v) is 17.0. The molecule has 22 heavy (non-hydrogen) atoms. The lowest BCUT2D eigenvalue weighted by Crippen LogP contribution is -2.50. The molecule has 1 aliphatic rings. The van der Waals surface area contributed by atoms with Crippen LogP contribution >= 0.6 is 63.7 Å². The normalized spacial score (nSPS) is 20.1. The third-order valence-corrected chi connectivity index (χ3v) is 7.78. The number of hydrogen-bond acceptors (Lipinski definition) is 4. The van der Waals surface area contributed by atoms with E-state index in [1.807, 2.05) is 0 Å². The molecule has 0 saturated heterocycles. The Kier molecular flexibility index (Phi) is 5.25. The number of carbonyl (C=O) groups is 2. The van der Waals surface area contributed by atoms with Gasteiger partial charge in [0, 0.05) is 4.47 Å². The molecule has 120 valence electrons. The van der Waals surface area contributed by atoms with E-state index in [2.05, 4.69) is 63.7 Å². The Morgan fingerprint density at radius 1 is 1.05 bits per heavy atom. The van der Waals surface area contributed by atoms with Crippen molar-refractivity contribution in [3.8, 4) is 0 Å². The summed E-state index contributed by atoms with van der Waals surface area (Å²) in [4.78, 5) is 23.4. The predicted molar refractivity (Wildman–Crippen MR) is 94.8 cm³/mol. The van der Waals surface area contributed by atoms with Gasteiger partial charge in [0.05, 0.1) is 13.4 Å². The number of hydrogen-bond donors (Lipinski definition) is 2. The van der Waals surface area contributed by atoms with Crippen molar-refractivity contribution in [1.82, 2.24) is 4.65 Å². The number of fused-ring (bicyclic) bond motifs is 1. The molecule has 0 radical (unpaired) electrons. The van der Waals surface area contributed by atoms with E-state index in [1.165, 1.54) is 4.90 Å². The first-order chi connectivity index (χ1) is 10.1. The number of rotatable bonds is 4.